The Morgan fingerprint density at radius 1 is 0.857 bits per heavy atom. The molecule has 0 spiro atoms. The lowest BCUT2D eigenvalue weighted by Gasteiger charge is -2.11. The summed E-state index contributed by atoms with van der Waals surface area (Å²) in [4.78, 5) is 3.10. The average molecular weight is 398 g/mol. The molecule has 0 fully saturated rings. The number of fused-ring (bicyclic) bond motifs is 1. The van der Waals surface area contributed by atoms with Crippen molar-refractivity contribution in [3.8, 4) is 11.3 Å². The highest BCUT2D eigenvalue weighted by molar-refractivity contribution is 7.92. The summed E-state index contributed by atoms with van der Waals surface area (Å²) in [6, 6.07) is 16.7. The Labute approximate surface area is 160 Å². The van der Waals surface area contributed by atoms with Gasteiger partial charge in [0.2, 0.25) is 0 Å². The molecule has 4 nitrogen and oxygen atoms in total. The van der Waals surface area contributed by atoms with Crippen LogP contribution in [-0.2, 0) is 10.0 Å². The number of anilines is 1. The van der Waals surface area contributed by atoms with Gasteiger partial charge in [-0.1, -0.05) is 18.2 Å². The predicted molar refractivity (Wildman–Crippen MR) is 106 cm³/mol. The molecule has 0 aliphatic carbocycles. The predicted octanol–water partition coefficient (Wildman–Crippen LogP) is 5.22. The number of nitrogens with one attached hydrogen (secondary N) is 2. The lowest BCUT2D eigenvalue weighted by atomic mass is 10.1. The molecule has 0 saturated carbocycles. The molecule has 0 atom stereocenters. The SMILES string of the molecule is Cc1ccc(F)cc1S(=O)(=O)Nc1ccc(-c2cc3cc(F)ccc3[nH]2)cc1. The first-order chi connectivity index (χ1) is 13.3. The van der Waals surface area contributed by atoms with Crippen molar-refractivity contribution in [3.05, 3.63) is 83.9 Å². The minimum Gasteiger partial charge on any atom is -0.355 e. The topological polar surface area (TPSA) is 62.0 Å². The quantitative estimate of drug-likeness (QED) is 0.495. The second-order valence-corrected chi connectivity index (χ2v) is 8.16. The first kappa shape index (κ1) is 18.2. The molecule has 1 aromatic heterocycles. The third-order valence-corrected chi connectivity index (χ3v) is 5.99. The number of aromatic nitrogens is 1. The first-order valence-corrected chi connectivity index (χ1v) is 9.98. The van der Waals surface area contributed by atoms with E-state index in [2.05, 4.69) is 9.71 Å². The molecule has 1 heterocycles. The van der Waals surface area contributed by atoms with Crippen molar-refractivity contribution in [2.45, 2.75) is 11.8 Å². The van der Waals surface area contributed by atoms with E-state index in [1.807, 2.05) is 6.07 Å². The second kappa shape index (κ2) is 6.76. The van der Waals surface area contributed by atoms with Crippen LogP contribution < -0.4 is 4.72 Å². The van der Waals surface area contributed by atoms with Gasteiger partial charge in [0.05, 0.1) is 4.90 Å². The molecule has 0 aliphatic rings. The van der Waals surface area contributed by atoms with E-state index in [4.69, 9.17) is 0 Å². The van der Waals surface area contributed by atoms with E-state index >= 15 is 0 Å². The molecule has 0 saturated heterocycles. The van der Waals surface area contributed by atoms with Crippen molar-refractivity contribution in [3.63, 3.8) is 0 Å². The lowest BCUT2D eigenvalue weighted by Crippen LogP contribution is -2.14. The lowest BCUT2D eigenvalue weighted by molar-refractivity contribution is 0.594. The van der Waals surface area contributed by atoms with Crippen LogP contribution in [0, 0.1) is 18.6 Å². The number of hydrogen-bond donors (Lipinski definition) is 2. The Morgan fingerprint density at radius 3 is 2.29 bits per heavy atom. The minimum absolute atomic E-state index is 0.103. The minimum atomic E-state index is -3.91. The monoisotopic (exact) mass is 398 g/mol. The highest BCUT2D eigenvalue weighted by Crippen LogP contribution is 2.27. The first-order valence-electron chi connectivity index (χ1n) is 8.49. The van der Waals surface area contributed by atoms with E-state index in [1.165, 1.54) is 24.3 Å². The number of halogens is 2. The number of H-pyrrole nitrogens is 1. The maximum atomic E-state index is 13.5. The maximum Gasteiger partial charge on any atom is 0.262 e. The molecule has 0 amide bonds. The second-order valence-electron chi connectivity index (χ2n) is 6.51. The average Bonchev–Trinajstić information content (AvgIpc) is 3.07. The number of aryl methyl sites for hydroxylation is 1. The van der Waals surface area contributed by atoms with Crippen molar-refractivity contribution in [1.82, 2.24) is 4.98 Å². The third-order valence-electron chi connectivity index (χ3n) is 4.47. The van der Waals surface area contributed by atoms with Gasteiger partial charge in [-0.15, -0.1) is 0 Å². The van der Waals surface area contributed by atoms with Crippen molar-refractivity contribution < 1.29 is 17.2 Å². The van der Waals surface area contributed by atoms with E-state index < -0.39 is 15.8 Å². The van der Waals surface area contributed by atoms with Gasteiger partial charge in [0, 0.05) is 22.3 Å². The largest absolute Gasteiger partial charge is 0.355 e. The van der Waals surface area contributed by atoms with Crippen molar-refractivity contribution >= 4 is 26.6 Å². The highest BCUT2D eigenvalue weighted by Gasteiger charge is 2.18. The van der Waals surface area contributed by atoms with Gasteiger partial charge in [-0.05, 0) is 66.6 Å². The number of aromatic amines is 1. The molecule has 2 N–H and O–H groups in total. The van der Waals surface area contributed by atoms with Gasteiger partial charge in [-0.3, -0.25) is 4.72 Å². The summed E-state index contributed by atoms with van der Waals surface area (Å²) in [5.74, 6) is -0.924. The molecular weight excluding hydrogens is 382 g/mol. The van der Waals surface area contributed by atoms with Crippen LogP contribution in [0.2, 0.25) is 0 Å². The molecule has 28 heavy (non-hydrogen) atoms. The molecule has 7 heteroatoms. The van der Waals surface area contributed by atoms with Crippen LogP contribution in [0.4, 0.5) is 14.5 Å². The standard InChI is InChI=1S/C21H16F2N2O2S/c1-13-2-5-17(23)12-21(13)28(26,27)25-18-7-3-14(4-8-18)20-11-15-10-16(22)6-9-19(15)24-20/h2-12,24-25H,1H3. The van der Waals surface area contributed by atoms with Crippen molar-refractivity contribution in [1.29, 1.82) is 0 Å². The van der Waals surface area contributed by atoms with Crippen LogP contribution in [0.1, 0.15) is 5.56 Å². The van der Waals surface area contributed by atoms with Crippen LogP contribution in [0.25, 0.3) is 22.2 Å². The fourth-order valence-electron chi connectivity index (χ4n) is 3.05. The van der Waals surface area contributed by atoms with Gasteiger partial charge in [-0.25, -0.2) is 17.2 Å². The number of rotatable bonds is 4. The number of benzene rings is 3. The summed E-state index contributed by atoms with van der Waals surface area (Å²) in [5, 5.41) is 0.751. The van der Waals surface area contributed by atoms with Gasteiger partial charge >= 0.3 is 0 Å². The summed E-state index contributed by atoms with van der Waals surface area (Å²) in [5.41, 5.74) is 3.23. The van der Waals surface area contributed by atoms with Gasteiger partial charge in [0.25, 0.3) is 10.0 Å². The number of sulfonamides is 1. The van der Waals surface area contributed by atoms with Crippen molar-refractivity contribution in [2.24, 2.45) is 0 Å². The molecule has 4 rings (SSSR count). The fraction of sp³-hybridized carbons (Fsp3) is 0.0476. The van der Waals surface area contributed by atoms with E-state index in [0.717, 1.165) is 28.2 Å². The molecule has 4 aromatic rings. The summed E-state index contributed by atoms with van der Waals surface area (Å²) in [7, 11) is -3.91. The Bertz CT molecular complexity index is 1280. The molecule has 0 aliphatic heterocycles. The molecule has 0 unspecified atom stereocenters. The molecule has 0 radical (unpaired) electrons. The van der Waals surface area contributed by atoms with Gasteiger partial charge in [-0.2, -0.15) is 0 Å². The van der Waals surface area contributed by atoms with Crippen LogP contribution >= 0.6 is 0 Å². The Hall–Kier alpha value is -3.19. The third kappa shape index (κ3) is 3.48. The Kier molecular flexibility index (Phi) is 4.39. The summed E-state index contributed by atoms with van der Waals surface area (Å²) < 4.78 is 54.4. The van der Waals surface area contributed by atoms with E-state index in [9.17, 15) is 17.2 Å². The molecule has 3 aromatic carbocycles. The zero-order valence-corrected chi connectivity index (χ0v) is 15.6. The zero-order valence-electron chi connectivity index (χ0n) is 14.8. The fourth-order valence-corrected chi connectivity index (χ4v) is 4.37. The van der Waals surface area contributed by atoms with Gasteiger partial charge < -0.3 is 4.98 Å². The van der Waals surface area contributed by atoms with Crippen LogP contribution in [0.3, 0.4) is 0 Å². The van der Waals surface area contributed by atoms with E-state index in [1.54, 1.807) is 37.3 Å². The number of hydrogen-bond acceptors (Lipinski definition) is 2. The van der Waals surface area contributed by atoms with Crippen LogP contribution in [0.5, 0.6) is 0 Å². The smallest absolute Gasteiger partial charge is 0.262 e. The van der Waals surface area contributed by atoms with E-state index in [0.29, 0.717) is 11.3 Å². The van der Waals surface area contributed by atoms with Crippen molar-refractivity contribution in [2.75, 3.05) is 4.72 Å². The normalized spacial score (nSPS) is 11.7. The molecular formula is C21H16F2N2O2S. The highest BCUT2D eigenvalue weighted by atomic mass is 32.2. The molecule has 142 valence electrons. The van der Waals surface area contributed by atoms with E-state index in [-0.39, 0.29) is 10.7 Å². The molecule has 0 bridgehead atoms. The maximum absolute atomic E-state index is 13.5. The van der Waals surface area contributed by atoms with Gasteiger partial charge in [0.15, 0.2) is 0 Å². The summed E-state index contributed by atoms with van der Waals surface area (Å²) in [6.07, 6.45) is 0. The van der Waals surface area contributed by atoms with Gasteiger partial charge in [0.1, 0.15) is 11.6 Å². The van der Waals surface area contributed by atoms with Crippen LogP contribution in [-0.4, -0.2) is 13.4 Å². The zero-order chi connectivity index (χ0) is 19.9. The van der Waals surface area contributed by atoms with Crippen LogP contribution in [0.15, 0.2) is 71.6 Å². The Balaban J connectivity index is 1.61. The summed E-state index contributed by atoms with van der Waals surface area (Å²) in [6.45, 7) is 1.61. The summed E-state index contributed by atoms with van der Waals surface area (Å²) >= 11 is 0. The Morgan fingerprint density at radius 2 is 1.54 bits per heavy atom.